The van der Waals surface area contributed by atoms with Crippen molar-refractivity contribution in [2.24, 2.45) is 5.41 Å². The van der Waals surface area contributed by atoms with E-state index in [1.165, 1.54) is 13.8 Å². The topological polar surface area (TPSA) is 128 Å². The SMILES string of the molecule is CCCCC[C@H]1CC[C@@H](C(C)=O)N1C(=O)C(NC(=O)CNC(=O)c1[nH]c2ccccc2c1C(C)=O)C(C)(C)C. The maximum atomic E-state index is 13.9. The van der Waals surface area contributed by atoms with Gasteiger partial charge in [0, 0.05) is 16.9 Å². The van der Waals surface area contributed by atoms with Crippen LogP contribution >= 0.6 is 0 Å². The lowest BCUT2D eigenvalue weighted by molar-refractivity contribution is -0.145. The van der Waals surface area contributed by atoms with Crippen molar-refractivity contribution in [1.29, 1.82) is 0 Å². The summed E-state index contributed by atoms with van der Waals surface area (Å²) >= 11 is 0. The maximum absolute atomic E-state index is 13.9. The zero-order valence-electron chi connectivity index (χ0n) is 24.0. The fourth-order valence-corrected chi connectivity index (χ4v) is 5.47. The van der Waals surface area contributed by atoms with Crippen LogP contribution in [0.2, 0.25) is 0 Å². The number of benzene rings is 1. The second-order valence-electron chi connectivity index (χ2n) is 11.6. The van der Waals surface area contributed by atoms with Crippen LogP contribution in [0.15, 0.2) is 24.3 Å². The van der Waals surface area contributed by atoms with Crippen molar-refractivity contribution in [1.82, 2.24) is 20.5 Å². The number of carbonyl (C=O) groups is 5. The average Bonchev–Trinajstić information content (AvgIpc) is 3.47. The van der Waals surface area contributed by atoms with Crippen molar-refractivity contribution in [2.45, 2.75) is 98.2 Å². The molecule has 1 saturated heterocycles. The summed E-state index contributed by atoms with van der Waals surface area (Å²) in [5, 5.41) is 6.03. The summed E-state index contributed by atoms with van der Waals surface area (Å²) in [5.41, 5.74) is 0.379. The minimum Gasteiger partial charge on any atom is -0.350 e. The first kappa shape index (κ1) is 30.1. The van der Waals surface area contributed by atoms with E-state index in [9.17, 15) is 24.0 Å². The van der Waals surface area contributed by atoms with Crippen LogP contribution in [0.4, 0.5) is 0 Å². The summed E-state index contributed by atoms with van der Waals surface area (Å²) in [4.78, 5) is 69.3. The molecule has 1 aromatic heterocycles. The van der Waals surface area contributed by atoms with Gasteiger partial charge in [-0.05, 0) is 44.6 Å². The molecule has 0 spiro atoms. The number of rotatable bonds is 11. The Morgan fingerprint density at radius 3 is 2.36 bits per heavy atom. The van der Waals surface area contributed by atoms with E-state index >= 15 is 0 Å². The van der Waals surface area contributed by atoms with E-state index in [1.807, 2.05) is 20.8 Å². The van der Waals surface area contributed by atoms with Gasteiger partial charge in [0.15, 0.2) is 11.6 Å². The number of hydrogen-bond donors (Lipinski definition) is 3. The van der Waals surface area contributed by atoms with Gasteiger partial charge in [-0.3, -0.25) is 24.0 Å². The van der Waals surface area contributed by atoms with Crippen molar-refractivity contribution < 1.29 is 24.0 Å². The van der Waals surface area contributed by atoms with Crippen LogP contribution in [0.25, 0.3) is 10.9 Å². The Labute approximate surface area is 230 Å². The van der Waals surface area contributed by atoms with Gasteiger partial charge in [-0.15, -0.1) is 0 Å². The lowest BCUT2D eigenvalue weighted by Crippen LogP contribution is -2.59. The van der Waals surface area contributed by atoms with Crippen LogP contribution in [0.5, 0.6) is 0 Å². The minimum atomic E-state index is -0.878. The molecule has 2 aromatic rings. The molecule has 0 radical (unpaired) electrons. The predicted molar refractivity (Wildman–Crippen MR) is 151 cm³/mol. The summed E-state index contributed by atoms with van der Waals surface area (Å²) in [6.45, 7) is 10.2. The molecule has 212 valence electrons. The molecule has 9 nitrogen and oxygen atoms in total. The summed E-state index contributed by atoms with van der Waals surface area (Å²) in [6.07, 6.45) is 5.32. The first-order chi connectivity index (χ1) is 18.4. The number of H-pyrrole nitrogens is 1. The highest BCUT2D eigenvalue weighted by Crippen LogP contribution is 2.32. The van der Waals surface area contributed by atoms with Gasteiger partial charge >= 0.3 is 0 Å². The molecule has 39 heavy (non-hydrogen) atoms. The quantitative estimate of drug-likeness (QED) is 0.292. The van der Waals surface area contributed by atoms with Crippen LogP contribution in [-0.2, 0) is 14.4 Å². The molecule has 1 unspecified atom stereocenters. The number of ketones is 2. The van der Waals surface area contributed by atoms with E-state index < -0.39 is 29.3 Å². The smallest absolute Gasteiger partial charge is 0.268 e. The molecule has 1 fully saturated rings. The fourth-order valence-electron chi connectivity index (χ4n) is 5.47. The van der Waals surface area contributed by atoms with Crippen molar-refractivity contribution in [3.63, 3.8) is 0 Å². The first-order valence-electron chi connectivity index (χ1n) is 13.9. The molecule has 9 heteroatoms. The number of hydrogen-bond acceptors (Lipinski definition) is 5. The van der Waals surface area contributed by atoms with E-state index in [-0.39, 0.29) is 41.3 Å². The van der Waals surface area contributed by atoms with Crippen LogP contribution in [0.1, 0.15) is 101 Å². The normalized spacial score (nSPS) is 18.2. The number of amides is 3. The van der Waals surface area contributed by atoms with E-state index in [0.29, 0.717) is 17.3 Å². The Kier molecular flexibility index (Phi) is 9.69. The predicted octanol–water partition coefficient (Wildman–Crippen LogP) is 4.16. The van der Waals surface area contributed by atoms with Crippen molar-refractivity contribution in [3.05, 3.63) is 35.5 Å². The Morgan fingerprint density at radius 1 is 1.05 bits per heavy atom. The van der Waals surface area contributed by atoms with Gasteiger partial charge in [0.1, 0.15) is 11.7 Å². The number of unbranched alkanes of at least 4 members (excludes halogenated alkanes) is 2. The monoisotopic (exact) mass is 538 g/mol. The molecule has 0 saturated carbocycles. The molecule has 3 amide bonds. The number of carbonyl (C=O) groups excluding carboxylic acids is 5. The number of nitrogens with one attached hydrogen (secondary N) is 3. The van der Waals surface area contributed by atoms with Crippen LogP contribution in [-0.4, -0.2) is 63.8 Å². The third-order valence-corrected chi connectivity index (χ3v) is 7.48. The zero-order valence-corrected chi connectivity index (χ0v) is 24.0. The van der Waals surface area contributed by atoms with E-state index in [4.69, 9.17) is 0 Å². The molecule has 3 N–H and O–H groups in total. The Balaban J connectivity index is 1.74. The highest BCUT2D eigenvalue weighted by molar-refractivity contribution is 6.15. The van der Waals surface area contributed by atoms with Gasteiger partial charge in [0.25, 0.3) is 5.91 Å². The second kappa shape index (κ2) is 12.6. The average molecular weight is 539 g/mol. The van der Waals surface area contributed by atoms with E-state index in [2.05, 4.69) is 22.5 Å². The molecule has 1 aromatic carbocycles. The Bertz CT molecular complexity index is 1240. The maximum Gasteiger partial charge on any atom is 0.268 e. The lowest BCUT2D eigenvalue weighted by atomic mass is 9.85. The lowest BCUT2D eigenvalue weighted by Gasteiger charge is -2.38. The molecular weight excluding hydrogens is 496 g/mol. The Hall–Kier alpha value is -3.49. The number of nitrogens with zero attached hydrogens (tertiary/aromatic N) is 1. The molecular formula is C30H42N4O5. The Morgan fingerprint density at radius 2 is 1.74 bits per heavy atom. The van der Waals surface area contributed by atoms with Crippen LogP contribution < -0.4 is 10.6 Å². The van der Waals surface area contributed by atoms with Gasteiger partial charge in [0.2, 0.25) is 11.8 Å². The molecule has 3 atom stereocenters. The summed E-state index contributed by atoms with van der Waals surface area (Å²) in [6, 6.07) is 5.71. The van der Waals surface area contributed by atoms with Crippen LogP contribution in [0, 0.1) is 5.41 Å². The fraction of sp³-hybridized carbons (Fsp3) is 0.567. The minimum absolute atomic E-state index is 0.0357. The zero-order chi connectivity index (χ0) is 28.9. The standard InChI is InChI=1S/C30H42N4O5/c1-7-8-9-12-20-15-16-23(18(2)35)34(20)29(39)27(30(4,5)6)33-24(37)17-31-28(38)26-25(19(3)36)21-13-10-11-14-22(21)32-26/h10-11,13-14,20,23,27,32H,7-9,12,15-17H2,1-6H3,(H,31,38)(H,33,37)/t20-,23-,27?/m0/s1. The highest BCUT2D eigenvalue weighted by Gasteiger charge is 2.44. The van der Waals surface area contributed by atoms with Gasteiger partial charge in [-0.25, -0.2) is 0 Å². The number of aromatic amines is 1. The molecule has 1 aliphatic rings. The van der Waals surface area contributed by atoms with Crippen molar-refractivity contribution >= 4 is 40.2 Å². The number of Topliss-reactive ketones (excluding diaryl/α,β-unsaturated/α-hetero) is 2. The number of likely N-dealkylation sites (tertiary alicyclic amines) is 1. The molecule has 2 heterocycles. The summed E-state index contributed by atoms with van der Waals surface area (Å²) in [5.74, 6) is -1.70. The third-order valence-electron chi connectivity index (χ3n) is 7.48. The third kappa shape index (κ3) is 6.94. The van der Waals surface area contributed by atoms with Crippen LogP contribution in [0.3, 0.4) is 0 Å². The largest absolute Gasteiger partial charge is 0.350 e. The van der Waals surface area contributed by atoms with Crippen molar-refractivity contribution in [2.75, 3.05) is 6.54 Å². The first-order valence-corrected chi connectivity index (χ1v) is 13.9. The molecule has 3 rings (SSSR count). The van der Waals surface area contributed by atoms with Gasteiger partial charge < -0.3 is 20.5 Å². The molecule has 1 aliphatic heterocycles. The van der Waals surface area contributed by atoms with E-state index in [0.717, 1.165) is 32.1 Å². The second-order valence-corrected chi connectivity index (χ2v) is 11.6. The summed E-state index contributed by atoms with van der Waals surface area (Å²) < 4.78 is 0. The highest BCUT2D eigenvalue weighted by atomic mass is 16.2. The summed E-state index contributed by atoms with van der Waals surface area (Å²) in [7, 11) is 0. The van der Waals surface area contributed by atoms with Crippen molar-refractivity contribution in [3.8, 4) is 0 Å². The molecule has 0 aliphatic carbocycles. The molecule has 0 bridgehead atoms. The van der Waals surface area contributed by atoms with Gasteiger partial charge in [-0.1, -0.05) is 65.2 Å². The number of aromatic nitrogens is 1. The number of fused-ring (bicyclic) bond motifs is 1. The van der Waals surface area contributed by atoms with Gasteiger partial charge in [0.05, 0.1) is 18.2 Å². The number of para-hydroxylation sites is 1. The van der Waals surface area contributed by atoms with E-state index in [1.54, 1.807) is 29.2 Å². The van der Waals surface area contributed by atoms with Gasteiger partial charge in [-0.2, -0.15) is 0 Å².